The second-order valence-electron chi connectivity index (χ2n) is 8.20. The Hall–Kier alpha value is -3.91. The first kappa shape index (κ1) is 21.9. The summed E-state index contributed by atoms with van der Waals surface area (Å²) in [6, 6.07) is 19.6. The van der Waals surface area contributed by atoms with Gasteiger partial charge in [-0.3, -0.25) is 4.79 Å². The molecule has 0 aliphatic carbocycles. The van der Waals surface area contributed by atoms with Gasteiger partial charge in [-0.25, -0.2) is 4.39 Å². The van der Waals surface area contributed by atoms with Crippen LogP contribution < -0.4 is 20.3 Å². The number of fused-ring (bicyclic) bond motifs is 2. The molecule has 2 heterocycles. The van der Waals surface area contributed by atoms with Crippen molar-refractivity contribution in [2.24, 2.45) is 0 Å². The van der Waals surface area contributed by atoms with Crippen LogP contribution in [-0.4, -0.2) is 21.8 Å². The normalized spacial score (nSPS) is 12.1. The molecule has 0 atom stereocenters. The Bertz CT molecular complexity index is 1420. The maximum Gasteiger partial charge on any atom is 0.253 e. The number of aromatic amines is 1. The van der Waals surface area contributed by atoms with Gasteiger partial charge in [-0.05, 0) is 61.1 Å². The molecule has 1 aliphatic rings. The molecule has 0 fully saturated rings. The van der Waals surface area contributed by atoms with Crippen molar-refractivity contribution >= 4 is 33.9 Å². The Morgan fingerprint density at radius 2 is 1.74 bits per heavy atom. The van der Waals surface area contributed by atoms with Gasteiger partial charge in [0, 0.05) is 29.2 Å². The Morgan fingerprint density at radius 3 is 2.47 bits per heavy atom. The van der Waals surface area contributed by atoms with Gasteiger partial charge in [0.25, 0.3) is 5.56 Å². The quantitative estimate of drug-likeness (QED) is 0.392. The van der Waals surface area contributed by atoms with Gasteiger partial charge < -0.3 is 24.7 Å². The van der Waals surface area contributed by atoms with Crippen LogP contribution >= 0.6 is 12.2 Å². The number of hydrogen-bond donors (Lipinski definition) is 2. The summed E-state index contributed by atoms with van der Waals surface area (Å²) in [5.41, 5.74) is 3.86. The van der Waals surface area contributed by atoms with Crippen molar-refractivity contribution in [3.63, 3.8) is 0 Å². The number of nitrogens with one attached hydrogen (secondary N) is 2. The van der Waals surface area contributed by atoms with Crippen LogP contribution in [0.3, 0.4) is 0 Å². The maximum atomic E-state index is 13.4. The molecule has 0 saturated carbocycles. The lowest BCUT2D eigenvalue weighted by Crippen LogP contribution is -2.35. The molecule has 3 aromatic carbocycles. The van der Waals surface area contributed by atoms with Crippen LogP contribution in [0.4, 0.5) is 10.1 Å². The van der Waals surface area contributed by atoms with Crippen LogP contribution in [0.2, 0.25) is 0 Å². The lowest BCUT2D eigenvalue weighted by Gasteiger charge is -2.26. The predicted octanol–water partition coefficient (Wildman–Crippen LogP) is 5.10. The van der Waals surface area contributed by atoms with Crippen LogP contribution in [-0.2, 0) is 13.1 Å². The molecule has 1 aromatic heterocycles. The maximum absolute atomic E-state index is 13.4. The number of aryl methyl sites for hydroxylation is 1. The highest BCUT2D eigenvalue weighted by Crippen LogP contribution is 2.35. The number of halogens is 1. The molecule has 5 rings (SSSR count). The molecule has 2 N–H and O–H groups in total. The molecule has 0 amide bonds. The largest absolute Gasteiger partial charge is 0.454 e. The van der Waals surface area contributed by atoms with Crippen molar-refractivity contribution in [2.45, 2.75) is 20.0 Å². The van der Waals surface area contributed by atoms with Gasteiger partial charge in [0.05, 0.1) is 12.1 Å². The summed E-state index contributed by atoms with van der Waals surface area (Å²) in [5, 5.41) is 4.53. The molecule has 0 spiro atoms. The Kier molecular flexibility index (Phi) is 5.90. The van der Waals surface area contributed by atoms with Gasteiger partial charge in [0.2, 0.25) is 6.79 Å². The third kappa shape index (κ3) is 4.72. The average molecular weight is 476 g/mol. The number of ether oxygens (including phenoxy) is 2. The highest BCUT2D eigenvalue weighted by atomic mass is 32.1. The van der Waals surface area contributed by atoms with Gasteiger partial charge in [-0.2, -0.15) is 0 Å². The number of thiocarbonyl (C=S) groups is 1. The van der Waals surface area contributed by atoms with E-state index in [1.165, 1.54) is 12.1 Å². The molecule has 0 unspecified atom stereocenters. The first-order chi connectivity index (χ1) is 16.4. The van der Waals surface area contributed by atoms with Crippen LogP contribution in [0.1, 0.15) is 16.7 Å². The lowest BCUT2D eigenvalue weighted by molar-refractivity contribution is 0.174. The van der Waals surface area contributed by atoms with Gasteiger partial charge in [0.15, 0.2) is 16.6 Å². The summed E-state index contributed by atoms with van der Waals surface area (Å²) in [6.07, 6.45) is 0. The van der Waals surface area contributed by atoms with Crippen molar-refractivity contribution in [1.82, 2.24) is 9.88 Å². The lowest BCUT2D eigenvalue weighted by atomic mass is 10.1. The van der Waals surface area contributed by atoms with E-state index in [-0.39, 0.29) is 24.7 Å². The Morgan fingerprint density at radius 1 is 1.03 bits per heavy atom. The smallest absolute Gasteiger partial charge is 0.253 e. The zero-order chi connectivity index (χ0) is 23.7. The summed E-state index contributed by atoms with van der Waals surface area (Å²) < 4.78 is 24.3. The van der Waals surface area contributed by atoms with E-state index < -0.39 is 0 Å². The molecular weight excluding hydrogens is 453 g/mol. The third-order valence-corrected chi connectivity index (χ3v) is 6.01. The molecule has 172 valence electrons. The molecule has 0 bridgehead atoms. The van der Waals surface area contributed by atoms with Crippen molar-refractivity contribution in [3.05, 3.63) is 99.6 Å². The molecule has 0 radical (unpaired) electrons. The number of rotatable bonds is 5. The van der Waals surface area contributed by atoms with Gasteiger partial charge in [-0.15, -0.1) is 0 Å². The van der Waals surface area contributed by atoms with E-state index in [1.54, 1.807) is 18.2 Å². The SMILES string of the molecule is Cc1ccc(NC(=S)N(Cc2ccc(F)cc2)Cc2cc3cc4c(cc3[nH]c2=O)OCO4)cc1. The van der Waals surface area contributed by atoms with E-state index in [0.717, 1.165) is 22.2 Å². The van der Waals surface area contributed by atoms with Crippen LogP contribution in [0.5, 0.6) is 11.5 Å². The fourth-order valence-electron chi connectivity index (χ4n) is 3.81. The number of H-pyrrole nitrogens is 1. The van der Waals surface area contributed by atoms with Crippen molar-refractivity contribution < 1.29 is 13.9 Å². The number of pyridine rings is 1. The first-order valence-corrected chi connectivity index (χ1v) is 11.2. The van der Waals surface area contributed by atoms with Crippen LogP contribution in [0.25, 0.3) is 10.9 Å². The summed E-state index contributed by atoms with van der Waals surface area (Å²) in [7, 11) is 0. The number of hydrogen-bond acceptors (Lipinski definition) is 4. The Balaban J connectivity index is 1.45. The van der Waals surface area contributed by atoms with Crippen LogP contribution in [0.15, 0.2) is 71.5 Å². The average Bonchev–Trinajstić information content (AvgIpc) is 3.27. The molecular formula is C26H22FN3O3S. The zero-order valence-electron chi connectivity index (χ0n) is 18.4. The summed E-state index contributed by atoms with van der Waals surface area (Å²) >= 11 is 5.71. The van der Waals surface area contributed by atoms with E-state index in [9.17, 15) is 9.18 Å². The van der Waals surface area contributed by atoms with E-state index in [4.69, 9.17) is 21.7 Å². The summed E-state index contributed by atoms with van der Waals surface area (Å²) in [6.45, 7) is 2.83. The van der Waals surface area contributed by atoms with E-state index in [1.807, 2.05) is 48.2 Å². The molecule has 0 saturated heterocycles. The zero-order valence-corrected chi connectivity index (χ0v) is 19.2. The Labute approximate surface area is 200 Å². The topological polar surface area (TPSA) is 66.6 Å². The van der Waals surface area contributed by atoms with E-state index in [0.29, 0.717) is 34.2 Å². The van der Waals surface area contributed by atoms with Gasteiger partial charge in [0.1, 0.15) is 5.82 Å². The summed E-state index contributed by atoms with van der Waals surface area (Å²) in [5.74, 6) is 0.947. The number of anilines is 1. The standard InChI is InChI=1S/C26H22FN3O3S/c1-16-2-8-21(9-3-16)28-26(34)30(13-17-4-6-20(27)7-5-17)14-19-10-18-11-23-24(33-15-32-23)12-22(18)29-25(19)31/h2-12H,13-15H2,1H3,(H,28,34)(H,29,31). The van der Waals surface area contributed by atoms with Gasteiger partial charge >= 0.3 is 0 Å². The monoisotopic (exact) mass is 475 g/mol. The molecule has 4 aromatic rings. The second kappa shape index (κ2) is 9.15. The minimum atomic E-state index is -0.305. The fraction of sp³-hybridized carbons (Fsp3) is 0.154. The second-order valence-corrected chi connectivity index (χ2v) is 8.58. The highest BCUT2D eigenvalue weighted by Gasteiger charge is 2.18. The van der Waals surface area contributed by atoms with Crippen molar-refractivity contribution in [2.75, 3.05) is 12.1 Å². The number of nitrogens with zero attached hydrogens (tertiary/aromatic N) is 1. The van der Waals surface area contributed by atoms with Crippen molar-refractivity contribution in [3.8, 4) is 11.5 Å². The first-order valence-electron chi connectivity index (χ1n) is 10.8. The minimum Gasteiger partial charge on any atom is -0.454 e. The third-order valence-electron chi connectivity index (χ3n) is 5.65. The van der Waals surface area contributed by atoms with E-state index in [2.05, 4.69) is 10.3 Å². The summed E-state index contributed by atoms with van der Waals surface area (Å²) in [4.78, 5) is 17.7. The van der Waals surface area contributed by atoms with Gasteiger partial charge in [-0.1, -0.05) is 29.8 Å². The minimum absolute atomic E-state index is 0.160. The number of aromatic nitrogens is 1. The molecule has 6 nitrogen and oxygen atoms in total. The molecule has 1 aliphatic heterocycles. The number of benzene rings is 3. The molecule has 8 heteroatoms. The van der Waals surface area contributed by atoms with E-state index >= 15 is 0 Å². The highest BCUT2D eigenvalue weighted by molar-refractivity contribution is 7.80. The predicted molar refractivity (Wildman–Crippen MR) is 134 cm³/mol. The van der Waals surface area contributed by atoms with Crippen molar-refractivity contribution in [1.29, 1.82) is 0 Å². The fourth-order valence-corrected chi connectivity index (χ4v) is 4.06. The molecule has 34 heavy (non-hydrogen) atoms. The van der Waals surface area contributed by atoms with Crippen LogP contribution in [0, 0.1) is 12.7 Å².